The van der Waals surface area contributed by atoms with Crippen molar-refractivity contribution in [3.8, 4) is 5.75 Å². The van der Waals surface area contributed by atoms with Crippen LogP contribution in [0, 0.1) is 6.92 Å². The Morgan fingerprint density at radius 2 is 1.79 bits per heavy atom. The largest absolute Gasteiger partial charge is 0.422 e. The molecule has 3 rings (SSSR count). The fourth-order valence-corrected chi connectivity index (χ4v) is 4.68. The third-order valence-corrected chi connectivity index (χ3v) is 6.90. The summed E-state index contributed by atoms with van der Waals surface area (Å²) in [6.07, 6.45) is 1.44. The second-order valence-electron chi connectivity index (χ2n) is 8.31. The van der Waals surface area contributed by atoms with E-state index in [9.17, 15) is 13.2 Å². The quantitative estimate of drug-likeness (QED) is 0.561. The highest BCUT2D eigenvalue weighted by Gasteiger charge is 2.29. The molecule has 2 aromatic rings. The molecule has 2 heterocycles. The normalized spacial score (nSPS) is 16.0. The minimum atomic E-state index is -3.68. The maximum absolute atomic E-state index is 12.8. The van der Waals surface area contributed by atoms with Crippen molar-refractivity contribution in [1.82, 2.24) is 8.87 Å². The topological polar surface area (TPSA) is 77.8 Å². The zero-order valence-corrected chi connectivity index (χ0v) is 18.4. The first-order chi connectivity index (χ1) is 13.5. The minimum Gasteiger partial charge on any atom is -0.422 e. The molecular weight excluding hydrogens is 392 g/mol. The smallest absolute Gasteiger partial charge is 0.360 e. The van der Waals surface area contributed by atoms with Gasteiger partial charge in [0.15, 0.2) is 0 Å². The van der Waals surface area contributed by atoms with Crippen LogP contribution in [-0.4, -0.2) is 49.6 Å². The van der Waals surface area contributed by atoms with Gasteiger partial charge in [-0.1, -0.05) is 32.9 Å². The molecule has 0 saturated carbocycles. The number of hydrogen-bond donors (Lipinski definition) is 0. The predicted molar refractivity (Wildman–Crippen MR) is 110 cm³/mol. The SMILES string of the molecule is Cc1cc(C(C)(C)C)ccc1OC(=O)c1cc(S(=O)(=O)N2CCOCC2)cn1C. The van der Waals surface area contributed by atoms with Gasteiger partial charge < -0.3 is 14.0 Å². The van der Waals surface area contributed by atoms with E-state index in [4.69, 9.17) is 9.47 Å². The minimum absolute atomic E-state index is 0.00578. The highest BCUT2D eigenvalue weighted by atomic mass is 32.2. The maximum Gasteiger partial charge on any atom is 0.360 e. The van der Waals surface area contributed by atoms with Gasteiger partial charge in [0.25, 0.3) is 0 Å². The maximum atomic E-state index is 12.8. The lowest BCUT2D eigenvalue weighted by molar-refractivity contribution is 0.0722. The van der Waals surface area contributed by atoms with E-state index in [0.717, 1.165) is 11.1 Å². The van der Waals surface area contributed by atoms with E-state index in [2.05, 4.69) is 20.8 Å². The lowest BCUT2D eigenvalue weighted by Gasteiger charge is -2.25. The highest BCUT2D eigenvalue weighted by Crippen LogP contribution is 2.28. The number of sulfonamides is 1. The van der Waals surface area contributed by atoms with Gasteiger partial charge >= 0.3 is 5.97 Å². The Labute approximate surface area is 172 Å². The zero-order chi connectivity index (χ0) is 21.4. The molecule has 0 radical (unpaired) electrons. The molecule has 1 saturated heterocycles. The van der Waals surface area contributed by atoms with Crippen LogP contribution in [0.1, 0.15) is 42.4 Å². The highest BCUT2D eigenvalue weighted by molar-refractivity contribution is 7.89. The molecule has 0 spiro atoms. The molecular formula is C21H28N2O5S. The van der Waals surface area contributed by atoms with Crippen molar-refractivity contribution in [2.45, 2.75) is 38.0 Å². The number of hydrogen-bond acceptors (Lipinski definition) is 5. The van der Waals surface area contributed by atoms with E-state index in [1.807, 2.05) is 19.1 Å². The van der Waals surface area contributed by atoms with Crippen molar-refractivity contribution < 1.29 is 22.7 Å². The van der Waals surface area contributed by atoms with Crippen molar-refractivity contribution in [3.05, 3.63) is 47.3 Å². The second kappa shape index (κ2) is 7.93. The number of ether oxygens (including phenoxy) is 2. The molecule has 0 atom stereocenters. The van der Waals surface area contributed by atoms with Crippen molar-refractivity contribution >= 4 is 16.0 Å². The number of morpholine rings is 1. The molecule has 1 aromatic carbocycles. The van der Waals surface area contributed by atoms with Crippen LogP contribution >= 0.6 is 0 Å². The van der Waals surface area contributed by atoms with Gasteiger partial charge in [-0.15, -0.1) is 0 Å². The third kappa shape index (κ3) is 4.55. The molecule has 0 amide bonds. The number of carbonyl (C=O) groups is 1. The summed E-state index contributed by atoms with van der Waals surface area (Å²) in [7, 11) is -2.05. The van der Waals surface area contributed by atoms with E-state index in [-0.39, 0.29) is 16.0 Å². The molecule has 29 heavy (non-hydrogen) atoms. The Hall–Kier alpha value is -2.16. The molecule has 0 bridgehead atoms. The first kappa shape index (κ1) is 21.5. The van der Waals surface area contributed by atoms with Crippen LogP contribution in [0.3, 0.4) is 0 Å². The van der Waals surface area contributed by atoms with E-state index in [1.165, 1.54) is 21.1 Å². The first-order valence-corrected chi connectivity index (χ1v) is 11.0. The number of aryl methyl sites for hydroxylation is 2. The van der Waals surface area contributed by atoms with Gasteiger partial charge in [0.05, 0.1) is 13.2 Å². The monoisotopic (exact) mass is 420 g/mol. The second-order valence-corrected chi connectivity index (χ2v) is 10.2. The van der Waals surface area contributed by atoms with Crippen molar-refractivity contribution in [2.24, 2.45) is 7.05 Å². The number of carbonyl (C=O) groups excluding carboxylic acids is 1. The summed E-state index contributed by atoms with van der Waals surface area (Å²) in [5, 5.41) is 0. The molecule has 7 nitrogen and oxygen atoms in total. The lowest BCUT2D eigenvalue weighted by Crippen LogP contribution is -2.40. The Balaban J connectivity index is 1.82. The molecule has 158 valence electrons. The van der Waals surface area contributed by atoms with E-state index in [0.29, 0.717) is 32.1 Å². The zero-order valence-electron chi connectivity index (χ0n) is 17.6. The van der Waals surface area contributed by atoms with Crippen molar-refractivity contribution in [2.75, 3.05) is 26.3 Å². The molecule has 1 aliphatic rings. The Morgan fingerprint density at radius 1 is 1.14 bits per heavy atom. The Morgan fingerprint density at radius 3 is 2.38 bits per heavy atom. The first-order valence-electron chi connectivity index (χ1n) is 9.58. The van der Waals surface area contributed by atoms with Crippen LogP contribution in [-0.2, 0) is 27.2 Å². The predicted octanol–water partition coefficient (Wildman–Crippen LogP) is 2.87. The molecule has 0 unspecified atom stereocenters. The molecule has 1 aliphatic heterocycles. The van der Waals surface area contributed by atoms with Gasteiger partial charge in [-0.3, -0.25) is 0 Å². The molecule has 0 aliphatic carbocycles. The standard InChI is InChI=1S/C21H28N2O5S/c1-15-12-16(21(2,3)4)6-7-19(15)28-20(24)18-13-17(14-22(18)5)29(25,26)23-8-10-27-11-9-23/h6-7,12-14H,8-11H2,1-5H3. The fourth-order valence-electron chi connectivity index (χ4n) is 3.20. The summed E-state index contributed by atoms with van der Waals surface area (Å²) in [5.74, 6) is -0.135. The number of nitrogens with zero attached hydrogens (tertiary/aromatic N) is 2. The van der Waals surface area contributed by atoms with Gasteiger partial charge in [-0.25, -0.2) is 13.2 Å². The molecule has 0 N–H and O–H groups in total. The van der Waals surface area contributed by atoms with Gasteiger partial charge in [-0.2, -0.15) is 4.31 Å². The van der Waals surface area contributed by atoms with Crippen LogP contribution < -0.4 is 4.74 Å². The number of aromatic nitrogens is 1. The molecule has 8 heteroatoms. The number of esters is 1. The van der Waals surface area contributed by atoms with Gasteiger partial charge in [0.2, 0.25) is 10.0 Å². The fraction of sp³-hybridized carbons (Fsp3) is 0.476. The van der Waals surface area contributed by atoms with Crippen LogP contribution in [0.15, 0.2) is 35.4 Å². The van der Waals surface area contributed by atoms with Crippen LogP contribution in [0.2, 0.25) is 0 Å². The summed E-state index contributed by atoms with van der Waals surface area (Å²) < 4.78 is 39.3. The van der Waals surface area contributed by atoms with Crippen LogP contribution in [0.4, 0.5) is 0 Å². The number of benzene rings is 1. The van der Waals surface area contributed by atoms with Gasteiger partial charge in [0.1, 0.15) is 16.3 Å². The van der Waals surface area contributed by atoms with Crippen LogP contribution in [0.5, 0.6) is 5.75 Å². The Bertz CT molecular complexity index is 1010. The summed E-state index contributed by atoms with van der Waals surface area (Å²) in [6.45, 7) is 9.58. The van der Waals surface area contributed by atoms with Crippen LogP contribution in [0.25, 0.3) is 0 Å². The van der Waals surface area contributed by atoms with Crippen molar-refractivity contribution in [1.29, 1.82) is 0 Å². The average molecular weight is 421 g/mol. The third-order valence-electron chi connectivity index (χ3n) is 5.04. The van der Waals surface area contributed by atoms with Gasteiger partial charge in [-0.05, 0) is 35.6 Å². The van der Waals surface area contributed by atoms with E-state index < -0.39 is 16.0 Å². The Kier molecular flexibility index (Phi) is 5.89. The van der Waals surface area contributed by atoms with E-state index >= 15 is 0 Å². The molecule has 1 aromatic heterocycles. The van der Waals surface area contributed by atoms with Crippen molar-refractivity contribution in [3.63, 3.8) is 0 Å². The molecule has 1 fully saturated rings. The average Bonchev–Trinajstić information content (AvgIpc) is 3.06. The summed E-state index contributed by atoms with van der Waals surface area (Å²) in [5.41, 5.74) is 2.17. The summed E-state index contributed by atoms with van der Waals surface area (Å²) in [4.78, 5) is 12.8. The van der Waals surface area contributed by atoms with E-state index in [1.54, 1.807) is 13.1 Å². The van der Waals surface area contributed by atoms with Gasteiger partial charge in [0, 0.05) is 26.3 Å². The summed E-state index contributed by atoms with van der Waals surface area (Å²) in [6, 6.07) is 7.09. The lowest BCUT2D eigenvalue weighted by atomic mass is 9.86. The number of rotatable bonds is 4. The summed E-state index contributed by atoms with van der Waals surface area (Å²) >= 11 is 0.